The Balaban J connectivity index is 1.55. The summed E-state index contributed by atoms with van der Waals surface area (Å²) in [5.41, 5.74) is 2.95. The fraction of sp³-hybridized carbons (Fsp3) is 0.136. The van der Waals surface area contributed by atoms with Crippen LogP contribution < -0.4 is 15.0 Å². The van der Waals surface area contributed by atoms with Crippen LogP contribution in [-0.2, 0) is 6.61 Å². The van der Waals surface area contributed by atoms with E-state index < -0.39 is 0 Å². The molecule has 3 aromatic rings. The van der Waals surface area contributed by atoms with Crippen molar-refractivity contribution in [2.75, 3.05) is 11.4 Å². The van der Waals surface area contributed by atoms with Gasteiger partial charge in [0, 0.05) is 17.3 Å². The molecule has 4 nitrogen and oxygen atoms in total. The van der Waals surface area contributed by atoms with E-state index in [-0.39, 0.29) is 12.1 Å². The molecular weight excluding hydrogens is 360 g/mol. The number of halogens is 1. The molecular formula is C22H19ClN2O2. The number of ether oxygens (including phenoxy) is 1. The van der Waals surface area contributed by atoms with Crippen molar-refractivity contribution in [3.8, 4) is 5.75 Å². The number of nitrogens with one attached hydrogen (secondary N) is 1. The van der Waals surface area contributed by atoms with E-state index in [9.17, 15) is 4.79 Å². The van der Waals surface area contributed by atoms with Gasteiger partial charge in [0.15, 0.2) is 0 Å². The molecule has 0 bridgehead atoms. The number of hydrogen-bond donors (Lipinski definition) is 1. The molecule has 1 unspecified atom stereocenters. The lowest BCUT2D eigenvalue weighted by atomic mass is 10.1. The summed E-state index contributed by atoms with van der Waals surface area (Å²) in [6.45, 7) is 1.05. The molecule has 5 heteroatoms. The summed E-state index contributed by atoms with van der Waals surface area (Å²) >= 11 is 5.98. The van der Waals surface area contributed by atoms with Gasteiger partial charge in [-0.25, -0.2) is 4.79 Å². The monoisotopic (exact) mass is 378 g/mol. The average molecular weight is 379 g/mol. The largest absolute Gasteiger partial charge is 0.489 e. The Labute approximate surface area is 163 Å². The molecule has 27 heavy (non-hydrogen) atoms. The summed E-state index contributed by atoms with van der Waals surface area (Å²) in [5.74, 6) is 0.784. The third-order valence-electron chi connectivity index (χ3n) is 4.57. The van der Waals surface area contributed by atoms with Gasteiger partial charge in [-0.05, 0) is 47.5 Å². The Kier molecular flexibility index (Phi) is 4.99. The highest BCUT2D eigenvalue weighted by Crippen LogP contribution is 2.32. The molecule has 0 aliphatic carbocycles. The van der Waals surface area contributed by atoms with Crippen LogP contribution in [0.5, 0.6) is 5.75 Å². The van der Waals surface area contributed by atoms with E-state index in [2.05, 4.69) is 5.32 Å². The number of amides is 2. The zero-order valence-corrected chi connectivity index (χ0v) is 15.4. The number of carbonyl (C=O) groups excluding carboxylic acids is 1. The van der Waals surface area contributed by atoms with E-state index in [1.54, 1.807) is 17.0 Å². The second-order valence-corrected chi connectivity index (χ2v) is 6.83. The summed E-state index contributed by atoms with van der Waals surface area (Å²) in [6, 6.07) is 25.0. The predicted molar refractivity (Wildman–Crippen MR) is 107 cm³/mol. The van der Waals surface area contributed by atoms with Crippen molar-refractivity contribution >= 4 is 23.3 Å². The maximum Gasteiger partial charge on any atom is 0.322 e. The highest BCUT2D eigenvalue weighted by Gasteiger charge is 2.33. The van der Waals surface area contributed by atoms with Crippen molar-refractivity contribution in [1.29, 1.82) is 0 Å². The molecule has 0 aromatic heterocycles. The predicted octanol–water partition coefficient (Wildman–Crippen LogP) is 5.19. The van der Waals surface area contributed by atoms with Crippen LogP contribution >= 0.6 is 11.6 Å². The van der Waals surface area contributed by atoms with Crippen LogP contribution in [0.25, 0.3) is 0 Å². The fourth-order valence-corrected chi connectivity index (χ4v) is 3.35. The number of rotatable bonds is 5. The summed E-state index contributed by atoms with van der Waals surface area (Å²) in [6.07, 6.45) is 0. The zero-order valence-electron chi connectivity index (χ0n) is 14.6. The quantitative estimate of drug-likeness (QED) is 0.663. The van der Waals surface area contributed by atoms with Gasteiger partial charge in [-0.2, -0.15) is 0 Å². The smallest absolute Gasteiger partial charge is 0.322 e. The molecule has 2 amide bonds. The molecule has 1 N–H and O–H groups in total. The minimum absolute atomic E-state index is 0.0982. The van der Waals surface area contributed by atoms with Crippen LogP contribution in [0.1, 0.15) is 17.2 Å². The van der Waals surface area contributed by atoms with E-state index in [1.165, 1.54) is 0 Å². The Hall–Kier alpha value is -2.98. The minimum Gasteiger partial charge on any atom is -0.489 e. The van der Waals surface area contributed by atoms with Gasteiger partial charge in [0.2, 0.25) is 0 Å². The first kappa shape index (κ1) is 17.4. The number of benzene rings is 3. The summed E-state index contributed by atoms with van der Waals surface area (Å²) in [4.78, 5) is 14.1. The van der Waals surface area contributed by atoms with E-state index in [0.29, 0.717) is 18.2 Å². The minimum atomic E-state index is -0.113. The first-order chi connectivity index (χ1) is 13.2. The highest BCUT2D eigenvalue weighted by atomic mass is 35.5. The number of carbonyl (C=O) groups is 1. The first-order valence-corrected chi connectivity index (χ1v) is 9.18. The molecule has 4 rings (SSSR count). The summed E-state index contributed by atoms with van der Waals surface area (Å²) in [7, 11) is 0. The molecule has 1 heterocycles. The molecule has 1 aliphatic heterocycles. The van der Waals surface area contributed by atoms with Crippen LogP contribution in [-0.4, -0.2) is 12.6 Å². The lowest BCUT2D eigenvalue weighted by Crippen LogP contribution is -2.29. The number of anilines is 1. The second-order valence-electron chi connectivity index (χ2n) is 6.40. The van der Waals surface area contributed by atoms with Crippen LogP contribution in [0.2, 0.25) is 5.02 Å². The molecule has 3 aromatic carbocycles. The normalized spacial score (nSPS) is 16.3. The van der Waals surface area contributed by atoms with Gasteiger partial charge in [0.25, 0.3) is 0 Å². The van der Waals surface area contributed by atoms with Crippen molar-refractivity contribution in [3.05, 3.63) is 95.0 Å². The van der Waals surface area contributed by atoms with Gasteiger partial charge in [0.1, 0.15) is 12.4 Å². The van der Waals surface area contributed by atoms with Crippen LogP contribution in [0.4, 0.5) is 10.5 Å². The maximum absolute atomic E-state index is 12.4. The summed E-state index contributed by atoms with van der Waals surface area (Å²) < 4.78 is 5.93. The van der Waals surface area contributed by atoms with E-state index in [1.807, 2.05) is 66.7 Å². The van der Waals surface area contributed by atoms with Crippen LogP contribution in [0.15, 0.2) is 78.9 Å². The molecule has 0 saturated carbocycles. The second kappa shape index (κ2) is 7.72. The van der Waals surface area contributed by atoms with Crippen molar-refractivity contribution in [2.45, 2.75) is 12.6 Å². The lowest BCUT2D eigenvalue weighted by Gasteiger charge is -2.24. The number of urea groups is 1. The van der Waals surface area contributed by atoms with E-state index >= 15 is 0 Å². The zero-order chi connectivity index (χ0) is 18.6. The van der Waals surface area contributed by atoms with E-state index in [4.69, 9.17) is 16.3 Å². The fourth-order valence-electron chi connectivity index (χ4n) is 3.22. The molecule has 1 atom stereocenters. The molecule has 136 valence electrons. The lowest BCUT2D eigenvalue weighted by molar-refractivity contribution is 0.251. The van der Waals surface area contributed by atoms with Gasteiger partial charge in [-0.3, -0.25) is 4.90 Å². The number of nitrogens with zero attached hydrogens (tertiary/aromatic N) is 1. The highest BCUT2D eigenvalue weighted by molar-refractivity contribution is 6.30. The first-order valence-electron chi connectivity index (χ1n) is 8.80. The van der Waals surface area contributed by atoms with Crippen LogP contribution in [0, 0.1) is 0 Å². The van der Waals surface area contributed by atoms with E-state index in [0.717, 1.165) is 22.6 Å². The SMILES string of the molecule is O=C1NCC(c2cccc(OCc3ccccc3)c2)N1c1ccc(Cl)cc1. The van der Waals surface area contributed by atoms with Gasteiger partial charge in [-0.15, -0.1) is 0 Å². The standard InChI is InChI=1S/C22H19ClN2O2/c23-18-9-11-19(12-10-18)25-21(14-24-22(25)26)17-7-4-8-20(13-17)27-15-16-5-2-1-3-6-16/h1-13,21H,14-15H2,(H,24,26). The Morgan fingerprint density at radius 2 is 1.78 bits per heavy atom. The third-order valence-corrected chi connectivity index (χ3v) is 4.83. The molecule has 1 fully saturated rings. The Bertz CT molecular complexity index is 929. The maximum atomic E-state index is 12.4. The van der Waals surface area contributed by atoms with Crippen molar-refractivity contribution in [2.24, 2.45) is 0 Å². The van der Waals surface area contributed by atoms with Gasteiger partial charge >= 0.3 is 6.03 Å². The Morgan fingerprint density at radius 1 is 1.00 bits per heavy atom. The van der Waals surface area contributed by atoms with Gasteiger partial charge < -0.3 is 10.1 Å². The summed E-state index contributed by atoms with van der Waals surface area (Å²) in [5, 5.41) is 3.57. The van der Waals surface area contributed by atoms with Gasteiger partial charge in [0.05, 0.1) is 6.04 Å². The Morgan fingerprint density at radius 3 is 2.56 bits per heavy atom. The van der Waals surface area contributed by atoms with Crippen molar-refractivity contribution in [3.63, 3.8) is 0 Å². The van der Waals surface area contributed by atoms with Gasteiger partial charge in [-0.1, -0.05) is 54.1 Å². The average Bonchev–Trinajstić information content (AvgIpc) is 3.10. The molecule has 1 saturated heterocycles. The molecule has 0 spiro atoms. The number of hydrogen-bond acceptors (Lipinski definition) is 2. The van der Waals surface area contributed by atoms with Crippen molar-refractivity contribution in [1.82, 2.24) is 5.32 Å². The van der Waals surface area contributed by atoms with Crippen molar-refractivity contribution < 1.29 is 9.53 Å². The molecule has 1 aliphatic rings. The third kappa shape index (κ3) is 3.91. The van der Waals surface area contributed by atoms with Crippen LogP contribution in [0.3, 0.4) is 0 Å². The molecule has 0 radical (unpaired) electrons. The topological polar surface area (TPSA) is 41.6 Å².